The molecule has 0 bridgehead atoms. The number of hydrogen-bond donors (Lipinski definition) is 1. The summed E-state index contributed by atoms with van der Waals surface area (Å²) in [6.45, 7) is 2.25. The molecular formula is C24H29N. The Bertz CT molecular complexity index is 783. The van der Waals surface area contributed by atoms with Gasteiger partial charge >= 0.3 is 0 Å². The maximum absolute atomic E-state index is 6.39. The Balaban J connectivity index is 1.69. The van der Waals surface area contributed by atoms with Gasteiger partial charge in [0, 0.05) is 6.04 Å². The van der Waals surface area contributed by atoms with Crippen LogP contribution in [0.5, 0.6) is 0 Å². The molecule has 0 saturated carbocycles. The zero-order valence-electron chi connectivity index (χ0n) is 15.2. The van der Waals surface area contributed by atoms with Gasteiger partial charge in [-0.3, -0.25) is 0 Å². The van der Waals surface area contributed by atoms with E-state index in [1.807, 2.05) is 0 Å². The molecule has 0 heterocycles. The van der Waals surface area contributed by atoms with Crippen molar-refractivity contribution >= 4 is 10.8 Å². The first-order valence-electron chi connectivity index (χ1n) is 9.63. The van der Waals surface area contributed by atoms with E-state index >= 15 is 0 Å². The summed E-state index contributed by atoms with van der Waals surface area (Å²) in [6, 6.07) is 24.1. The van der Waals surface area contributed by atoms with Crippen LogP contribution in [0.15, 0.2) is 66.7 Å². The molecule has 0 saturated heterocycles. The minimum absolute atomic E-state index is 0.156. The second kappa shape index (κ2) is 8.82. The molecule has 0 aromatic heterocycles. The summed E-state index contributed by atoms with van der Waals surface area (Å²) in [7, 11) is 0. The van der Waals surface area contributed by atoms with Gasteiger partial charge in [0.1, 0.15) is 0 Å². The molecule has 3 aromatic rings. The molecule has 3 aromatic carbocycles. The van der Waals surface area contributed by atoms with E-state index in [2.05, 4.69) is 73.7 Å². The Morgan fingerprint density at radius 3 is 2.28 bits per heavy atom. The molecule has 0 fully saturated rings. The van der Waals surface area contributed by atoms with Crippen LogP contribution in [0, 0.1) is 0 Å². The molecule has 0 aliphatic heterocycles. The smallest absolute Gasteiger partial charge is 0.0294 e. The van der Waals surface area contributed by atoms with Crippen molar-refractivity contribution in [2.45, 2.75) is 51.5 Å². The molecule has 0 radical (unpaired) electrons. The van der Waals surface area contributed by atoms with E-state index in [-0.39, 0.29) is 6.04 Å². The van der Waals surface area contributed by atoms with E-state index in [9.17, 15) is 0 Å². The summed E-state index contributed by atoms with van der Waals surface area (Å²) in [5.41, 5.74) is 10.2. The molecule has 1 nitrogen and oxygen atoms in total. The van der Waals surface area contributed by atoms with E-state index in [0.717, 1.165) is 6.42 Å². The van der Waals surface area contributed by atoms with E-state index in [1.54, 1.807) is 0 Å². The zero-order chi connectivity index (χ0) is 17.5. The molecule has 1 heteroatoms. The lowest BCUT2D eigenvalue weighted by atomic mass is 9.95. The minimum atomic E-state index is 0.156. The van der Waals surface area contributed by atoms with E-state index in [1.165, 1.54) is 59.6 Å². The molecule has 1 unspecified atom stereocenters. The van der Waals surface area contributed by atoms with Crippen molar-refractivity contribution in [2.75, 3.05) is 0 Å². The van der Waals surface area contributed by atoms with Crippen LogP contribution in [0.25, 0.3) is 21.9 Å². The highest BCUT2D eigenvalue weighted by molar-refractivity contribution is 5.96. The standard InChI is InChI=1S/C24H29N/c1-2-3-4-5-6-14-24(25)21-17-15-20(16-18-21)23-13-9-11-19-10-7-8-12-22(19)23/h7-13,15-18,24H,2-6,14,25H2,1H3. The van der Waals surface area contributed by atoms with Crippen molar-refractivity contribution < 1.29 is 0 Å². The van der Waals surface area contributed by atoms with Crippen LogP contribution in [0.1, 0.15) is 57.1 Å². The molecular weight excluding hydrogens is 302 g/mol. The normalized spacial score (nSPS) is 12.4. The summed E-state index contributed by atoms with van der Waals surface area (Å²) in [6.07, 6.45) is 7.58. The Morgan fingerprint density at radius 2 is 1.48 bits per heavy atom. The lowest BCUT2D eigenvalue weighted by Gasteiger charge is -2.13. The average Bonchev–Trinajstić information content (AvgIpc) is 2.67. The van der Waals surface area contributed by atoms with Gasteiger partial charge in [-0.1, -0.05) is 106 Å². The molecule has 25 heavy (non-hydrogen) atoms. The fourth-order valence-electron chi connectivity index (χ4n) is 3.52. The quantitative estimate of drug-likeness (QED) is 0.448. The van der Waals surface area contributed by atoms with Crippen LogP contribution in [-0.4, -0.2) is 0 Å². The van der Waals surface area contributed by atoms with Crippen LogP contribution in [0.3, 0.4) is 0 Å². The first kappa shape index (κ1) is 17.7. The van der Waals surface area contributed by atoms with Crippen LogP contribution in [0.2, 0.25) is 0 Å². The third kappa shape index (κ3) is 4.49. The Kier molecular flexibility index (Phi) is 6.25. The lowest BCUT2D eigenvalue weighted by molar-refractivity contribution is 0.555. The van der Waals surface area contributed by atoms with Crippen molar-refractivity contribution in [1.29, 1.82) is 0 Å². The monoisotopic (exact) mass is 331 g/mol. The molecule has 0 aliphatic rings. The number of benzene rings is 3. The van der Waals surface area contributed by atoms with Crippen LogP contribution in [-0.2, 0) is 0 Å². The van der Waals surface area contributed by atoms with Gasteiger partial charge in [0.15, 0.2) is 0 Å². The van der Waals surface area contributed by atoms with Gasteiger partial charge in [0.25, 0.3) is 0 Å². The van der Waals surface area contributed by atoms with Crippen LogP contribution >= 0.6 is 0 Å². The fraction of sp³-hybridized carbons (Fsp3) is 0.333. The number of nitrogens with two attached hydrogens (primary N) is 1. The summed E-state index contributed by atoms with van der Waals surface area (Å²) >= 11 is 0. The molecule has 0 spiro atoms. The van der Waals surface area contributed by atoms with Crippen LogP contribution < -0.4 is 5.73 Å². The molecule has 1 atom stereocenters. The van der Waals surface area contributed by atoms with Gasteiger partial charge in [-0.2, -0.15) is 0 Å². The predicted molar refractivity (Wildman–Crippen MR) is 110 cm³/mol. The Labute approximate surface area is 151 Å². The second-order valence-electron chi connectivity index (χ2n) is 6.96. The number of fused-ring (bicyclic) bond motifs is 1. The zero-order valence-corrected chi connectivity index (χ0v) is 15.2. The molecule has 0 aliphatic carbocycles. The Hall–Kier alpha value is -2.12. The van der Waals surface area contributed by atoms with Crippen molar-refractivity contribution in [2.24, 2.45) is 5.73 Å². The fourth-order valence-corrected chi connectivity index (χ4v) is 3.52. The highest BCUT2D eigenvalue weighted by Gasteiger charge is 2.07. The SMILES string of the molecule is CCCCCCCC(N)c1ccc(-c2cccc3ccccc23)cc1. The summed E-state index contributed by atoms with van der Waals surface area (Å²) in [5.74, 6) is 0. The molecule has 3 rings (SSSR count). The van der Waals surface area contributed by atoms with E-state index < -0.39 is 0 Å². The third-order valence-electron chi connectivity index (χ3n) is 5.06. The minimum Gasteiger partial charge on any atom is -0.324 e. The highest BCUT2D eigenvalue weighted by Crippen LogP contribution is 2.29. The maximum atomic E-state index is 6.39. The van der Waals surface area contributed by atoms with Crippen molar-refractivity contribution in [3.05, 3.63) is 72.3 Å². The summed E-state index contributed by atoms with van der Waals surface area (Å²) in [5, 5.41) is 2.59. The predicted octanol–water partition coefficient (Wildman–Crippen LogP) is 6.87. The maximum Gasteiger partial charge on any atom is 0.0294 e. The van der Waals surface area contributed by atoms with E-state index in [4.69, 9.17) is 5.73 Å². The van der Waals surface area contributed by atoms with Gasteiger partial charge in [-0.25, -0.2) is 0 Å². The highest BCUT2D eigenvalue weighted by atomic mass is 14.6. The van der Waals surface area contributed by atoms with E-state index in [0.29, 0.717) is 0 Å². The largest absolute Gasteiger partial charge is 0.324 e. The van der Waals surface area contributed by atoms with Crippen molar-refractivity contribution in [3.8, 4) is 11.1 Å². The van der Waals surface area contributed by atoms with Crippen molar-refractivity contribution in [3.63, 3.8) is 0 Å². The lowest BCUT2D eigenvalue weighted by Crippen LogP contribution is -2.09. The Morgan fingerprint density at radius 1 is 0.760 bits per heavy atom. The third-order valence-corrected chi connectivity index (χ3v) is 5.06. The molecule has 0 amide bonds. The number of unbranched alkanes of at least 4 members (excludes halogenated alkanes) is 4. The summed E-state index contributed by atoms with van der Waals surface area (Å²) in [4.78, 5) is 0. The topological polar surface area (TPSA) is 26.0 Å². The van der Waals surface area contributed by atoms with Gasteiger partial charge in [0.2, 0.25) is 0 Å². The van der Waals surface area contributed by atoms with Crippen LogP contribution in [0.4, 0.5) is 0 Å². The second-order valence-corrected chi connectivity index (χ2v) is 6.96. The number of hydrogen-bond acceptors (Lipinski definition) is 1. The first-order chi connectivity index (χ1) is 12.3. The molecule has 130 valence electrons. The van der Waals surface area contributed by atoms with Gasteiger partial charge < -0.3 is 5.73 Å². The van der Waals surface area contributed by atoms with Gasteiger partial charge in [-0.15, -0.1) is 0 Å². The van der Waals surface area contributed by atoms with Gasteiger partial charge in [-0.05, 0) is 33.9 Å². The summed E-state index contributed by atoms with van der Waals surface area (Å²) < 4.78 is 0. The van der Waals surface area contributed by atoms with Gasteiger partial charge in [0.05, 0.1) is 0 Å². The molecule has 2 N–H and O–H groups in total. The van der Waals surface area contributed by atoms with Crippen molar-refractivity contribution in [1.82, 2.24) is 0 Å². The first-order valence-corrected chi connectivity index (χ1v) is 9.63. The average molecular weight is 332 g/mol. The number of rotatable bonds is 8.